The number of fused-ring (bicyclic) bond motifs is 2. The number of Topliss-reactive ketones (excluding diaryl/α,β-unsaturated/α-hetero) is 1. The normalized spacial score (nSPS) is 31.8. The molecule has 0 saturated carbocycles. The van der Waals surface area contributed by atoms with Gasteiger partial charge in [-0.25, -0.2) is 0 Å². The highest BCUT2D eigenvalue weighted by molar-refractivity contribution is 8.00. The average Bonchev–Trinajstić information content (AvgIpc) is 2.75. The van der Waals surface area contributed by atoms with Crippen LogP contribution in [0.3, 0.4) is 0 Å². The molecular weight excluding hydrogens is 236 g/mol. The van der Waals surface area contributed by atoms with E-state index in [-0.39, 0.29) is 17.1 Å². The molecule has 2 bridgehead atoms. The largest absolute Gasteiger partial charge is 0.343 e. The van der Waals surface area contributed by atoms with Gasteiger partial charge >= 0.3 is 0 Å². The molecule has 2 saturated heterocycles. The van der Waals surface area contributed by atoms with Gasteiger partial charge in [-0.1, -0.05) is 17.7 Å². The minimum atomic E-state index is -0.588. The van der Waals surface area contributed by atoms with E-state index in [0.29, 0.717) is 13.0 Å². The number of hydrogen-bond acceptors (Lipinski definition) is 4. The standard InChI is InChI=1S/C13H14O3S/c1-8-2-4-9(5-3-8)17-12-6-10(14)13-15-7-11(12)16-13/h2-5,11-13H,6-7H2,1H3/t11-,12-,13-/m1/s1. The number of thioether (sulfide) groups is 1. The van der Waals surface area contributed by atoms with Gasteiger partial charge < -0.3 is 9.47 Å². The lowest BCUT2D eigenvalue weighted by Crippen LogP contribution is -2.37. The van der Waals surface area contributed by atoms with Crippen LogP contribution in [0.25, 0.3) is 0 Å². The van der Waals surface area contributed by atoms with Gasteiger partial charge in [0.25, 0.3) is 0 Å². The fraction of sp³-hybridized carbons (Fsp3) is 0.462. The first-order chi connectivity index (χ1) is 8.22. The third-order valence-corrected chi connectivity index (χ3v) is 4.42. The Morgan fingerprint density at radius 1 is 1.29 bits per heavy atom. The molecule has 0 unspecified atom stereocenters. The van der Waals surface area contributed by atoms with Gasteiger partial charge in [0.15, 0.2) is 5.78 Å². The molecule has 0 amide bonds. The summed E-state index contributed by atoms with van der Waals surface area (Å²) in [5, 5.41) is 0.184. The first-order valence-corrected chi connectivity index (χ1v) is 6.63. The monoisotopic (exact) mass is 250 g/mol. The molecule has 17 heavy (non-hydrogen) atoms. The number of ketones is 1. The smallest absolute Gasteiger partial charge is 0.218 e. The molecule has 2 heterocycles. The maximum Gasteiger partial charge on any atom is 0.218 e. The zero-order valence-electron chi connectivity index (χ0n) is 9.59. The van der Waals surface area contributed by atoms with Crippen LogP contribution in [0.4, 0.5) is 0 Å². The summed E-state index contributed by atoms with van der Waals surface area (Å²) in [6.45, 7) is 2.61. The molecule has 4 heteroatoms. The van der Waals surface area contributed by atoms with Crippen molar-refractivity contribution >= 4 is 17.5 Å². The number of aryl methyl sites for hydroxylation is 1. The molecule has 3 atom stereocenters. The van der Waals surface area contributed by atoms with E-state index in [2.05, 4.69) is 31.2 Å². The van der Waals surface area contributed by atoms with Gasteiger partial charge in [0.1, 0.15) is 0 Å². The highest BCUT2D eigenvalue weighted by Crippen LogP contribution is 2.36. The second-order valence-electron chi connectivity index (χ2n) is 4.48. The van der Waals surface area contributed by atoms with Crippen LogP contribution in [0.1, 0.15) is 12.0 Å². The zero-order chi connectivity index (χ0) is 11.8. The molecule has 2 fully saturated rings. The molecule has 0 radical (unpaired) electrons. The predicted octanol–water partition coefficient (Wildman–Crippen LogP) is 2.17. The first-order valence-electron chi connectivity index (χ1n) is 5.75. The summed E-state index contributed by atoms with van der Waals surface area (Å²) in [4.78, 5) is 12.8. The minimum absolute atomic E-state index is 0.0593. The number of hydrogen-bond donors (Lipinski definition) is 0. The summed E-state index contributed by atoms with van der Waals surface area (Å²) in [5.74, 6) is 0.0726. The Hall–Kier alpha value is -0.840. The van der Waals surface area contributed by atoms with Gasteiger partial charge in [-0.3, -0.25) is 4.79 Å². The van der Waals surface area contributed by atoms with Crippen molar-refractivity contribution < 1.29 is 14.3 Å². The van der Waals surface area contributed by atoms with Gasteiger partial charge in [-0.2, -0.15) is 0 Å². The van der Waals surface area contributed by atoms with Crippen molar-refractivity contribution in [1.82, 2.24) is 0 Å². The number of carbonyl (C=O) groups is 1. The van der Waals surface area contributed by atoms with Gasteiger partial charge in [0.2, 0.25) is 6.29 Å². The predicted molar refractivity (Wildman–Crippen MR) is 65.1 cm³/mol. The fourth-order valence-corrected chi connectivity index (χ4v) is 3.30. The van der Waals surface area contributed by atoms with Crippen molar-refractivity contribution in [2.45, 2.75) is 35.9 Å². The topological polar surface area (TPSA) is 35.5 Å². The van der Waals surface area contributed by atoms with E-state index in [1.54, 1.807) is 11.8 Å². The second-order valence-corrected chi connectivity index (χ2v) is 5.79. The van der Waals surface area contributed by atoms with E-state index in [9.17, 15) is 4.79 Å². The molecule has 0 spiro atoms. The van der Waals surface area contributed by atoms with E-state index in [0.717, 1.165) is 0 Å². The van der Waals surface area contributed by atoms with Gasteiger partial charge in [-0.05, 0) is 19.1 Å². The maximum absolute atomic E-state index is 11.6. The number of carbonyl (C=O) groups excluding carboxylic acids is 1. The molecule has 2 aliphatic rings. The van der Waals surface area contributed by atoms with Gasteiger partial charge in [-0.15, -0.1) is 11.8 Å². The summed E-state index contributed by atoms with van der Waals surface area (Å²) >= 11 is 1.71. The minimum Gasteiger partial charge on any atom is -0.343 e. The van der Waals surface area contributed by atoms with Crippen molar-refractivity contribution in [1.29, 1.82) is 0 Å². The lowest BCUT2D eigenvalue weighted by atomic mass is 10.1. The van der Waals surface area contributed by atoms with Crippen molar-refractivity contribution in [3.63, 3.8) is 0 Å². The SMILES string of the molecule is Cc1ccc(S[C@@H]2CC(=O)[C@@H]3OC[C@H]2O3)cc1. The summed E-state index contributed by atoms with van der Waals surface area (Å²) in [6, 6.07) is 8.35. The maximum atomic E-state index is 11.6. The van der Waals surface area contributed by atoms with Crippen molar-refractivity contribution in [3.05, 3.63) is 29.8 Å². The van der Waals surface area contributed by atoms with E-state index >= 15 is 0 Å². The van der Waals surface area contributed by atoms with Gasteiger partial charge in [0.05, 0.1) is 12.7 Å². The zero-order valence-corrected chi connectivity index (χ0v) is 10.4. The lowest BCUT2D eigenvalue weighted by molar-refractivity contribution is -0.151. The Balaban J connectivity index is 1.72. The van der Waals surface area contributed by atoms with E-state index in [4.69, 9.17) is 9.47 Å². The molecule has 1 aromatic rings. The molecule has 0 aliphatic carbocycles. The van der Waals surface area contributed by atoms with Crippen molar-refractivity contribution in [2.24, 2.45) is 0 Å². The summed E-state index contributed by atoms with van der Waals surface area (Å²) < 4.78 is 10.8. The van der Waals surface area contributed by atoms with Crippen LogP contribution >= 0.6 is 11.8 Å². The number of rotatable bonds is 2. The molecule has 1 aromatic carbocycles. The van der Waals surface area contributed by atoms with Crippen LogP contribution in [0.15, 0.2) is 29.2 Å². The van der Waals surface area contributed by atoms with Crippen LogP contribution in [0, 0.1) is 6.92 Å². The van der Waals surface area contributed by atoms with Crippen molar-refractivity contribution in [3.8, 4) is 0 Å². The quantitative estimate of drug-likeness (QED) is 0.806. The van der Waals surface area contributed by atoms with Gasteiger partial charge in [0, 0.05) is 16.6 Å². The van der Waals surface area contributed by atoms with E-state index in [1.165, 1.54) is 10.5 Å². The van der Waals surface area contributed by atoms with Crippen molar-refractivity contribution in [2.75, 3.05) is 6.61 Å². The van der Waals surface area contributed by atoms with Crippen LogP contribution in [-0.2, 0) is 14.3 Å². The van der Waals surface area contributed by atoms with Crippen LogP contribution in [0.2, 0.25) is 0 Å². The second kappa shape index (κ2) is 4.44. The first kappa shape index (κ1) is 11.3. The Labute approximate surface area is 104 Å². The number of benzene rings is 1. The highest BCUT2D eigenvalue weighted by atomic mass is 32.2. The molecule has 3 nitrogen and oxygen atoms in total. The summed E-state index contributed by atoms with van der Waals surface area (Å²) in [5.41, 5.74) is 1.24. The third kappa shape index (κ3) is 2.25. The number of ether oxygens (including phenoxy) is 2. The average molecular weight is 250 g/mol. The van der Waals surface area contributed by atoms with E-state index in [1.807, 2.05) is 0 Å². The lowest BCUT2D eigenvalue weighted by Gasteiger charge is -2.25. The Bertz CT molecular complexity index is 429. The molecule has 2 aliphatic heterocycles. The fourth-order valence-electron chi connectivity index (χ4n) is 2.12. The van der Waals surface area contributed by atoms with Crippen LogP contribution in [-0.4, -0.2) is 30.0 Å². The van der Waals surface area contributed by atoms with Crippen LogP contribution < -0.4 is 0 Å². The molecule has 0 N–H and O–H groups in total. The molecule has 3 rings (SSSR count). The Morgan fingerprint density at radius 3 is 2.82 bits per heavy atom. The highest BCUT2D eigenvalue weighted by Gasteiger charge is 2.43. The molecule has 90 valence electrons. The Kier molecular flexibility index (Phi) is 2.94. The Morgan fingerprint density at radius 2 is 2.06 bits per heavy atom. The summed E-state index contributed by atoms with van der Waals surface area (Å²) in [6.07, 6.45) is 0.0207. The summed E-state index contributed by atoms with van der Waals surface area (Å²) in [7, 11) is 0. The molecular formula is C13H14O3S. The van der Waals surface area contributed by atoms with E-state index < -0.39 is 6.29 Å². The third-order valence-electron chi connectivity index (χ3n) is 3.10. The van der Waals surface area contributed by atoms with Crippen LogP contribution in [0.5, 0.6) is 0 Å². The molecule has 0 aromatic heterocycles.